The van der Waals surface area contributed by atoms with Crippen LogP contribution in [0.1, 0.15) is 5.56 Å². The van der Waals surface area contributed by atoms with E-state index in [0.29, 0.717) is 5.75 Å². The van der Waals surface area contributed by atoms with Gasteiger partial charge in [-0.2, -0.15) is 0 Å². The first-order valence-corrected chi connectivity index (χ1v) is 8.44. The fourth-order valence-corrected chi connectivity index (χ4v) is 3.08. The van der Waals surface area contributed by atoms with Crippen LogP contribution in [0.5, 0.6) is 5.75 Å². The molecule has 0 aliphatic carbocycles. The van der Waals surface area contributed by atoms with Crippen molar-refractivity contribution in [3.05, 3.63) is 58.1 Å². The summed E-state index contributed by atoms with van der Waals surface area (Å²) in [5.41, 5.74) is 0.680. The van der Waals surface area contributed by atoms with Gasteiger partial charge in [0.25, 0.3) is 5.69 Å². The fourth-order valence-electron chi connectivity index (χ4n) is 2.05. The topological polar surface area (TPSA) is 111 Å². The lowest BCUT2D eigenvalue weighted by atomic mass is 10.2. The molecule has 0 amide bonds. The van der Waals surface area contributed by atoms with E-state index in [1.54, 1.807) is 31.4 Å². The molecular formula is C15H17N3O5S. The molecule has 0 unspecified atom stereocenters. The maximum atomic E-state index is 12.3. The lowest BCUT2D eigenvalue weighted by Crippen LogP contribution is -2.23. The number of rotatable bonds is 7. The van der Waals surface area contributed by atoms with Crippen LogP contribution in [0.4, 0.5) is 11.4 Å². The summed E-state index contributed by atoms with van der Waals surface area (Å²) < 4.78 is 32.1. The van der Waals surface area contributed by atoms with Gasteiger partial charge in [0.2, 0.25) is 10.0 Å². The molecule has 0 saturated heterocycles. The maximum Gasteiger partial charge on any atom is 0.293 e. The smallest absolute Gasteiger partial charge is 0.293 e. The monoisotopic (exact) mass is 351 g/mol. The van der Waals surface area contributed by atoms with E-state index in [0.717, 1.165) is 11.6 Å². The first-order chi connectivity index (χ1) is 11.4. The van der Waals surface area contributed by atoms with Gasteiger partial charge in [-0.1, -0.05) is 12.1 Å². The first kappa shape index (κ1) is 17.7. The maximum absolute atomic E-state index is 12.3. The van der Waals surface area contributed by atoms with Gasteiger partial charge in [0.1, 0.15) is 11.4 Å². The average Bonchev–Trinajstić information content (AvgIpc) is 2.59. The Balaban J connectivity index is 2.20. The highest BCUT2D eigenvalue weighted by Gasteiger charge is 2.20. The SMILES string of the molecule is CNc1ccc(S(=O)(=O)NCc2ccc(OC)cc2)cc1[N+](=O)[O-]. The quantitative estimate of drug-likeness (QED) is 0.584. The van der Waals surface area contributed by atoms with Gasteiger partial charge in [0.05, 0.1) is 16.9 Å². The van der Waals surface area contributed by atoms with Crippen molar-refractivity contribution in [3.63, 3.8) is 0 Å². The Morgan fingerprint density at radius 1 is 1.17 bits per heavy atom. The lowest BCUT2D eigenvalue weighted by Gasteiger charge is -2.09. The van der Waals surface area contributed by atoms with Crippen molar-refractivity contribution in [1.82, 2.24) is 4.72 Å². The Kier molecular flexibility index (Phi) is 5.37. The minimum absolute atomic E-state index is 0.0634. The van der Waals surface area contributed by atoms with Crippen LogP contribution < -0.4 is 14.8 Å². The van der Waals surface area contributed by atoms with Gasteiger partial charge in [-0.25, -0.2) is 13.1 Å². The van der Waals surface area contributed by atoms with Crippen LogP contribution in [0.2, 0.25) is 0 Å². The molecule has 0 atom stereocenters. The molecule has 0 aromatic heterocycles. The van der Waals surface area contributed by atoms with E-state index in [1.165, 1.54) is 19.2 Å². The molecule has 0 heterocycles. The summed E-state index contributed by atoms with van der Waals surface area (Å²) in [7, 11) is -0.801. The number of nitro benzene ring substituents is 1. The van der Waals surface area contributed by atoms with Crippen LogP contribution in [0.15, 0.2) is 47.4 Å². The number of hydrogen-bond acceptors (Lipinski definition) is 6. The van der Waals surface area contributed by atoms with Gasteiger partial charge in [-0.3, -0.25) is 10.1 Å². The zero-order chi connectivity index (χ0) is 17.7. The summed E-state index contributed by atoms with van der Waals surface area (Å²) in [6.45, 7) is 0.0634. The van der Waals surface area contributed by atoms with Gasteiger partial charge < -0.3 is 10.1 Å². The fraction of sp³-hybridized carbons (Fsp3) is 0.200. The number of sulfonamides is 1. The molecule has 0 radical (unpaired) electrons. The highest BCUT2D eigenvalue weighted by atomic mass is 32.2. The van der Waals surface area contributed by atoms with Gasteiger partial charge in [-0.15, -0.1) is 0 Å². The van der Waals surface area contributed by atoms with Crippen molar-refractivity contribution >= 4 is 21.4 Å². The number of nitro groups is 1. The summed E-state index contributed by atoms with van der Waals surface area (Å²) in [6, 6.07) is 10.6. The Labute approximate surface area is 139 Å². The van der Waals surface area contributed by atoms with E-state index < -0.39 is 14.9 Å². The van der Waals surface area contributed by atoms with Gasteiger partial charge in [0.15, 0.2) is 0 Å². The van der Waals surface area contributed by atoms with Crippen molar-refractivity contribution in [2.45, 2.75) is 11.4 Å². The van der Waals surface area contributed by atoms with Crippen molar-refractivity contribution in [1.29, 1.82) is 0 Å². The molecule has 2 aromatic carbocycles. The number of anilines is 1. The van der Waals surface area contributed by atoms with Crippen LogP contribution in [-0.2, 0) is 16.6 Å². The van der Waals surface area contributed by atoms with E-state index in [4.69, 9.17) is 4.74 Å². The largest absolute Gasteiger partial charge is 0.497 e. The van der Waals surface area contributed by atoms with Crippen LogP contribution in [0, 0.1) is 10.1 Å². The van der Waals surface area contributed by atoms with Crippen LogP contribution in [-0.4, -0.2) is 27.5 Å². The first-order valence-electron chi connectivity index (χ1n) is 6.96. The third-order valence-corrected chi connectivity index (χ3v) is 4.77. The molecule has 8 nitrogen and oxygen atoms in total. The molecule has 2 N–H and O–H groups in total. The molecule has 0 fully saturated rings. The molecular weight excluding hydrogens is 334 g/mol. The number of methoxy groups -OCH3 is 1. The molecule has 2 rings (SSSR count). The number of nitrogens with one attached hydrogen (secondary N) is 2. The molecule has 24 heavy (non-hydrogen) atoms. The van der Waals surface area contributed by atoms with E-state index >= 15 is 0 Å². The highest BCUT2D eigenvalue weighted by Crippen LogP contribution is 2.27. The molecule has 128 valence electrons. The minimum atomic E-state index is -3.87. The second kappa shape index (κ2) is 7.28. The standard InChI is InChI=1S/C15H17N3O5S/c1-16-14-8-7-13(9-15(14)18(19)20)24(21,22)17-10-11-3-5-12(23-2)6-4-11/h3-9,16-17H,10H2,1-2H3. The second-order valence-corrected chi connectivity index (χ2v) is 6.63. The van der Waals surface area contributed by atoms with Crippen molar-refractivity contribution in [3.8, 4) is 5.75 Å². The molecule has 0 aliphatic rings. The molecule has 0 saturated carbocycles. The van der Waals surface area contributed by atoms with E-state index in [9.17, 15) is 18.5 Å². The summed E-state index contributed by atoms with van der Waals surface area (Å²) in [4.78, 5) is 10.2. The Morgan fingerprint density at radius 2 is 1.83 bits per heavy atom. The van der Waals surface area contributed by atoms with Crippen molar-refractivity contribution in [2.24, 2.45) is 0 Å². The third-order valence-electron chi connectivity index (χ3n) is 3.37. The van der Waals surface area contributed by atoms with Crippen LogP contribution in [0.3, 0.4) is 0 Å². The van der Waals surface area contributed by atoms with E-state index in [-0.39, 0.29) is 22.8 Å². The summed E-state index contributed by atoms with van der Waals surface area (Å²) in [6.07, 6.45) is 0. The van der Waals surface area contributed by atoms with Gasteiger partial charge in [0, 0.05) is 19.7 Å². The van der Waals surface area contributed by atoms with Gasteiger partial charge >= 0.3 is 0 Å². The molecule has 0 spiro atoms. The van der Waals surface area contributed by atoms with Crippen LogP contribution in [0.25, 0.3) is 0 Å². The number of nitrogens with zero attached hydrogens (tertiary/aromatic N) is 1. The predicted octanol–water partition coefficient (Wildman–Crippen LogP) is 2.12. The average molecular weight is 351 g/mol. The minimum Gasteiger partial charge on any atom is -0.497 e. The zero-order valence-electron chi connectivity index (χ0n) is 13.1. The number of ether oxygens (including phenoxy) is 1. The normalized spacial score (nSPS) is 11.1. The van der Waals surface area contributed by atoms with Crippen LogP contribution >= 0.6 is 0 Å². The van der Waals surface area contributed by atoms with E-state index in [1.807, 2.05) is 0 Å². The highest BCUT2D eigenvalue weighted by molar-refractivity contribution is 7.89. The summed E-state index contributed by atoms with van der Waals surface area (Å²) in [5, 5.41) is 13.7. The summed E-state index contributed by atoms with van der Waals surface area (Å²) in [5.74, 6) is 0.667. The van der Waals surface area contributed by atoms with Crippen molar-refractivity contribution in [2.75, 3.05) is 19.5 Å². The number of hydrogen-bond donors (Lipinski definition) is 2. The number of benzene rings is 2. The Hall–Kier alpha value is -2.65. The third kappa shape index (κ3) is 4.00. The molecule has 0 bridgehead atoms. The molecule has 0 aliphatic heterocycles. The van der Waals surface area contributed by atoms with Gasteiger partial charge in [-0.05, 0) is 29.8 Å². The molecule has 2 aromatic rings. The predicted molar refractivity (Wildman–Crippen MR) is 89.7 cm³/mol. The zero-order valence-corrected chi connectivity index (χ0v) is 14.0. The lowest BCUT2D eigenvalue weighted by molar-refractivity contribution is -0.384. The van der Waals surface area contributed by atoms with E-state index in [2.05, 4.69) is 10.0 Å². The Bertz CT molecular complexity index is 835. The molecule has 9 heteroatoms. The summed E-state index contributed by atoms with van der Waals surface area (Å²) >= 11 is 0. The Morgan fingerprint density at radius 3 is 2.38 bits per heavy atom. The van der Waals surface area contributed by atoms with Crippen molar-refractivity contribution < 1.29 is 18.1 Å². The second-order valence-electron chi connectivity index (χ2n) is 4.86.